The Morgan fingerprint density at radius 3 is 3.00 bits per heavy atom. The van der Waals surface area contributed by atoms with Gasteiger partial charge in [-0.2, -0.15) is 0 Å². The lowest BCUT2D eigenvalue weighted by Gasteiger charge is -2.24. The van der Waals surface area contributed by atoms with E-state index in [-0.39, 0.29) is 18.6 Å². The van der Waals surface area contributed by atoms with Crippen molar-refractivity contribution < 1.29 is 9.90 Å². The van der Waals surface area contributed by atoms with E-state index in [2.05, 4.69) is 15.3 Å². The van der Waals surface area contributed by atoms with Crippen LogP contribution in [0.3, 0.4) is 0 Å². The summed E-state index contributed by atoms with van der Waals surface area (Å²) in [6.07, 6.45) is 6.74. The van der Waals surface area contributed by atoms with Gasteiger partial charge in [-0.25, -0.2) is 9.97 Å². The summed E-state index contributed by atoms with van der Waals surface area (Å²) in [6, 6.07) is 0.227. The average molecular weight is 278 g/mol. The molecule has 1 unspecified atom stereocenters. The first-order chi connectivity index (χ1) is 9.76. The number of aliphatic hydroxyl groups excluding tert-OH is 1. The fourth-order valence-electron chi connectivity index (χ4n) is 2.59. The van der Waals surface area contributed by atoms with E-state index in [1.807, 2.05) is 11.8 Å². The molecule has 2 heterocycles. The second kappa shape index (κ2) is 7.19. The van der Waals surface area contributed by atoms with E-state index < -0.39 is 0 Å². The first-order valence-electron chi connectivity index (χ1n) is 7.24. The second-order valence-corrected chi connectivity index (χ2v) is 4.98. The first kappa shape index (κ1) is 14.7. The van der Waals surface area contributed by atoms with E-state index in [1.165, 1.54) is 6.20 Å². The summed E-state index contributed by atoms with van der Waals surface area (Å²) in [5.41, 5.74) is 0.391. The molecular formula is C14H22N4O2. The van der Waals surface area contributed by atoms with Crippen LogP contribution in [-0.2, 0) is 0 Å². The Bertz CT molecular complexity index is 435. The molecule has 0 aromatic carbocycles. The maximum absolute atomic E-state index is 12.4. The Morgan fingerprint density at radius 2 is 2.35 bits per heavy atom. The van der Waals surface area contributed by atoms with Gasteiger partial charge < -0.3 is 15.3 Å². The number of hydrogen-bond donors (Lipinski definition) is 2. The molecule has 1 aromatic heterocycles. The van der Waals surface area contributed by atoms with Crippen LogP contribution >= 0.6 is 0 Å². The predicted molar refractivity (Wildman–Crippen MR) is 76.6 cm³/mol. The van der Waals surface area contributed by atoms with Gasteiger partial charge in [0, 0.05) is 25.7 Å². The van der Waals surface area contributed by atoms with Crippen LogP contribution in [0.2, 0.25) is 0 Å². The van der Waals surface area contributed by atoms with Crippen LogP contribution in [0.15, 0.2) is 12.4 Å². The van der Waals surface area contributed by atoms with Crippen LogP contribution in [0.25, 0.3) is 0 Å². The molecule has 1 fully saturated rings. The summed E-state index contributed by atoms with van der Waals surface area (Å²) in [5.74, 6) is 0.628. The Morgan fingerprint density at radius 1 is 1.50 bits per heavy atom. The fraction of sp³-hybridized carbons (Fsp3) is 0.643. The van der Waals surface area contributed by atoms with Crippen LogP contribution < -0.4 is 5.32 Å². The SMILES string of the molecule is CCNc1cnc(C(=O)N2CCCC2CCCO)cn1. The number of anilines is 1. The second-order valence-electron chi connectivity index (χ2n) is 4.98. The third-order valence-electron chi connectivity index (χ3n) is 3.56. The van der Waals surface area contributed by atoms with E-state index in [0.29, 0.717) is 11.5 Å². The van der Waals surface area contributed by atoms with E-state index in [4.69, 9.17) is 5.11 Å². The molecule has 0 spiro atoms. The molecule has 1 saturated heterocycles. The van der Waals surface area contributed by atoms with Crippen molar-refractivity contribution in [1.29, 1.82) is 0 Å². The zero-order chi connectivity index (χ0) is 14.4. The molecule has 0 bridgehead atoms. The number of carbonyl (C=O) groups excluding carboxylic acids is 1. The number of amides is 1. The first-order valence-corrected chi connectivity index (χ1v) is 7.24. The van der Waals surface area contributed by atoms with Crippen molar-refractivity contribution in [2.45, 2.75) is 38.6 Å². The number of aliphatic hydroxyl groups is 1. The lowest BCUT2D eigenvalue weighted by Crippen LogP contribution is -2.36. The quantitative estimate of drug-likeness (QED) is 0.819. The van der Waals surface area contributed by atoms with Crippen molar-refractivity contribution >= 4 is 11.7 Å². The Hall–Kier alpha value is -1.69. The number of carbonyl (C=O) groups is 1. The number of nitrogens with one attached hydrogen (secondary N) is 1. The van der Waals surface area contributed by atoms with Gasteiger partial charge >= 0.3 is 0 Å². The summed E-state index contributed by atoms with van der Waals surface area (Å²) in [5, 5.41) is 12.0. The van der Waals surface area contributed by atoms with Gasteiger partial charge in [0.1, 0.15) is 11.5 Å². The zero-order valence-corrected chi connectivity index (χ0v) is 11.9. The van der Waals surface area contributed by atoms with Crippen molar-refractivity contribution in [3.05, 3.63) is 18.1 Å². The topological polar surface area (TPSA) is 78.4 Å². The number of aromatic nitrogens is 2. The molecule has 6 heteroatoms. The maximum atomic E-state index is 12.4. The van der Waals surface area contributed by atoms with Gasteiger partial charge in [-0.3, -0.25) is 4.79 Å². The predicted octanol–water partition coefficient (Wildman–Crippen LogP) is 1.29. The maximum Gasteiger partial charge on any atom is 0.274 e. The monoisotopic (exact) mass is 278 g/mol. The highest BCUT2D eigenvalue weighted by Gasteiger charge is 2.29. The lowest BCUT2D eigenvalue weighted by atomic mass is 10.1. The number of rotatable bonds is 6. The summed E-state index contributed by atoms with van der Waals surface area (Å²) >= 11 is 0. The minimum atomic E-state index is -0.0546. The Labute approximate surface area is 119 Å². The van der Waals surface area contributed by atoms with Gasteiger partial charge in [-0.15, -0.1) is 0 Å². The largest absolute Gasteiger partial charge is 0.396 e. The van der Waals surface area contributed by atoms with E-state index in [0.717, 1.165) is 38.8 Å². The normalized spacial score (nSPS) is 18.3. The van der Waals surface area contributed by atoms with Gasteiger partial charge in [0.25, 0.3) is 5.91 Å². The number of nitrogens with zero attached hydrogens (tertiary/aromatic N) is 3. The molecule has 1 aliphatic rings. The molecule has 0 saturated carbocycles. The van der Waals surface area contributed by atoms with Gasteiger partial charge in [0.15, 0.2) is 0 Å². The highest BCUT2D eigenvalue weighted by atomic mass is 16.3. The van der Waals surface area contributed by atoms with Gasteiger partial charge in [0.05, 0.1) is 12.4 Å². The third-order valence-corrected chi connectivity index (χ3v) is 3.56. The minimum absolute atomic E-state index is 0.0546. The summed E-state index contributed by atoms with van der Waals surface area (Å²) in [6.45, 7) is 3.70. The van der Waals surface area contributed by atoms with Crippen molar-refractivity contribution in [3.8, 4) is 0 Å². The van der Waals surface area contributed by atoms with Crippen molar-refractivity contribution in [1.82, 2.24) is 14.9 Å². The van der Waals surface area contributed by atoms with Crippen molar-refractivity contribution in [2.24, 2.45) is 0 Å². The van der Waals surface area contributed by atoms with E-state index in [1.54, 1.807) is 6.20 Å². The standard InChI is InChI=1S/C14H22N4O2/c1-2-15-13-10-16-12(9-17-13)14(20)18-7-3-5-11(18)6-4-8-19/h9-11,19H,2-8H2,1H3,(H,15,17). The van der Waals surface area contributed by atoms with Crippen LogP contribution in [0, 0.1) is 0 Å². The molecule has 0 aliphatic carbocycles. The van der Waals surface area contributed by atoms with E-state index in [9.17, 15) is 4.79 Å². The van der Waals surface area contributed by atoms with Gasteiger partial charge in [-0.1, -0.05) is 0 Å². The molecule has 2 rings (SSSR count). The molecule has 1 atom stereocenters. The van der Waals surface area contributed by atoms with Crippen LogP contribution in [0.4, 0.5) is 5.82 Å². The molecule has 2 N–H and O–H groups in total. The summed E-state index contributed by atoms with van der Waals surface area (Å²) < 4.78 is 0. The molecule has 1 amide bonds. The molecule has 1 aromatic rings. The highest BCUT2D eigenvalue weighted by Crippen LogP contribution is 2.23. The van der Waals surface area contributed by atoms with Crippen LogP contribution in [0.5, 0.6) is 0 Å². The van der Waals surface area contributed by atoms with E-state index >= 15 is 0 Å². The Kier molecular flexibility index (Phi) is 5.29. The summed E-state index contributed by atoms with van der Waals surface area (Å²) in [7, 11) is 0. The molecular weight excluding hydrogens is 256 g/mol. The average Bonchev–Trinajstić information content (AvgIpc) is 2.94. The van der Waals surface area contributed by atoms with Crippen molar-refractivity contribution in [3.63, 3.8) is 0 Å². The fourth-order valence-corrected chi connectivity index (χ4v) is 2.59. The van der Waals surface area contributed by atoms with Crippen molar-refractivity contribution in [2.75, 3.05) is 25.0 Å². The summed E-state index contributed by atoms with van der Waals surface area (Å²) in [4.78, 5) is 22.7. The van der Waals surface area contributed by atoms with Gasteiger partial charge in [-0.05, 0) is 32.6 Å². The smallest absolute Gasteiger partial charge is 0.274 e. The van der Waals surface area contributed by atoms with Crippen LogP contribution in [0.1, 0.15) is 43.1 Å². The zero-order valence-electron chi connectivity index (χ0n) is 11.9. The number of hydrogen-bond acceptors (Lipinski definition) is 5. The molecule has 1 aliphatic heterocycles. The molecule has 20 heavy (non-hydrogen) atoms. The third kappa shape index (κ3) is 3.45. The van der Waals surface area contributed by atoms with Crippen LogP contribution in [-0.4, -0.2) is 51.6 Å². The Balaban J connectivity index is 2.02. The molecule has 6 nitrogen and oxygen atoms in total. The lowest BCUT2D eigenvalue weighted by molar-refractivity contribution is 0.0718. The highest BCUT2D eigenvalue weighted by molar-refractivity contribution is 5.92. The van der Waals surface area contributed by atoms with Gasteiger partial charge in [0.2, 0.25) is 0 Å². The molecule has 110 valence electrons. The molecule has 0 radical (unpaired) electrons. The minimum Gasteiger partial charge on any atom is -0.396 e. The number of likely N-dealkylation sites (tertiary alicyclic amines) is 1.